The van der Waals surface area contributed by atoms with Crippen LogP contribution in [0.15, 0.2) is 24.5 Å². The van der Waals surface area contributed by atoms with Gasteiger partial charge in [0.15, 0.2) is 0 Å². The van der Waals surface area contributed by atoms with Crippen molar-refractivity contribution in [3.05, 3.63) is 30.1 Å². The molecule has 1 aromatic rings. The molecule has 0 N–H and O–H groups in total. The average molecular weight is 283 g/mol. The largest absolute Gasteiger partial charge is 0.282 e. The SMILES string of the molecule is C[C@H]1CCCN(S(=O)(=O)N(C)Cc2ccncc2)C1. The normalized spacial score (nSPS) is 21.7. The standard InChI is InChI=1S/C13H21N3O2S/c1-12-4-3-9-16(10-12)19(17,18)15(2)11-13-5-7-14-8-6-13/h5-8,12H,3-4,9-11H2,1-2H3/t12-/m0/s1. The Labute approximate surface area is 115 Å². The third kappa shape index (κ3) is 3.52. The first kappa shape index (κ1) is 14.4. The number of hydrogen-bond acceptors (Lipinski definition) is 3. The average Bonchev–Trinajstić information content (AvgIpc) is 2.40. The van der Waals surface area contributed by atoms with E-state index in [4.69, 9.17) is 0 Å². The summed E-state index contributed by atoms with van der Waals surface area (Å²) in [5.74, 6) is 0.442. The van der Waals surface area contributed by atoms with E-state index < -0.39 is 10.2 Å². The molecule has 0 aliphatic carbocycles. The highest BCUT2D eigenvalue weighted by Gasteiger charge is 2.30. The Bertz CT molecular complexity index is 504. The van der Waals surface area contributed by atoms with Crippen molar-refractivity contribution in [1.82, 2.24) is 13.6 Å². The topological polar surface area (TPSA) is 53.5 Å². The lowest BCUT2D eigenvalue weighted by atomic mass is 10.0. The third-order valence-corrected chi connectivity index (χ3v) is 5.40. The summed E-state index contributed by atoms with van der Waals surface area (Å²) in [5, 5.41) is 0. The smallest absolute Gasteiger partial charge is 0.265 e. The first-order chi connectivity index (χ1) is 9.00. The molecular formula is C13H21N3O2S. The molecule has 106 valence electrons. The van der Waals surface area contributed by atoms with E-state index in [0.717, 1.165) is 18.4 Å². The number of nitrogens with zero attached hydrogens (tertiary/aromatic N) is 3. The lowest BCUT2D eigenvalue weighted by Crippen LogP contribution is -2.45. The van der Waals surface area contributed by atoms with Crippen molar-refractivity contribution in [2.45, 2.75) is 26.3 Å². The molecule has 1 aliphatic rings. The quantitative estimate of drug-likeness (QED) is 0.841. The van der Waals surface area contributed by atoms with Gasteiger partial charge in [0.05, 0.1) is 0 Å². The fraction of sp³-hybridized carbons (Fsp3) is 0.615. The van der Waals surface area contributed by atoms with E-state index in [1.807, 2.05) is 12.1 Å². The van der Waals surface area contributed by atoms with E-state index in [-0.39, 0.29) is 0 Å². The summed E-state index contributed by atoms with van der Waals surface area (Å²) >= 11 is 0. The molecule has 1 atom stereocenters. The van der Waals surface area contributed by atoms with Crippen LogP contribution in [0.1, 0.15) is 25.3 Å². The highest BCUT2D eigenvalue weighted by molar-refractivity contribution is 7.86. The highest BCUT2D eigenvalue weighted by Crippen LogP contribution is 2.20. The second kappa shape index (κ2) is 5.98. The second-order valence-electron chi connectivity index (χ2n) is 5.22. The predicted molar refractivity (Wildman–Crippen MR) is 74.6 cm³/mol. The van der Waals surface area contributed by atoms with Crippen LogP contribution in [-0.4, -0.2) is 42.1 Å². The fourth-order valence-electron chi connectivity index (χ4n) is 2.38. The minimum atomic E-state index is -3.35. The molecule has 0 radical (unpaired) electrons. The summed E-state index contributed by atoms with van der Waals surface area (Å²) in [6, 6.07) is 3.68. The molecule has 6 heteroatoms. The molecule has 1 saturated heterocycles. The van der Waals surface area contributed by atoms with Crippen LogP contribution < -0.4 is 0 Å². The zero-order valence-electron chi connectivity index (χ0n) is 11.5. The van der Waals surface area contributed by atoms with E-state index in [0.29, 0.717) is 25.6 Å². The highest BCUT2D eigenvalue weighted by atomic mass is 32.2. The Balaban J connectivity index is 2.06. The fourth-order valence-corrected chi connectivity index (χ4v) is 3.89. The molecule has 1 fully saturated rings. The van der Waals surface area contributed by atoms with Crippen LogP contribution in [0.3, 0.4) is 0 Å². The lowest BCUT2D eigenvalue weighted by molar-refractivity contribution is 0.263. The van der Waals surface area contributed by atoms with Gasteiger partial charge in [0.25, 0.3) is 10.2 Å². The van der Waals surface area contributed by atoms with Gasteiger partial charge in [0.1, 0.15) is 0 Å². The van der Waals surface area contributed by atoms with Gasteiger partial charge in [0.2, 0.25) is 0 Å². The monoisotopic (exact) mass is 283 g/mol. The minimum absolute atomic E-state index is 0.385. The van der Waals surface area contributed by atoms with Crippen LogP contribution in [0.2, 0.25) is 0 Å². The van der Waals surface area contributed by atoms with Crippen molar-refractivity contribution < 1.29 is 8.42 Å². The summed E-state index contributed by atoms with van der Waals surface area (Å²) in [7, 11) is -1.71. The molecule has 0 aromatic carbocycles. The molecule has 0 spiro atoms. The maximum absolute atomic E-state index is 12.5. The maximum Gasteiger partial charge on any atom is 0.282 e. The molecule has 5 nitrogen and oxygen atoms in total. The molecule has 19 heavy (non-hydrogen) atoms. The first-order valence-corrected chi connectivity index (χ1v) is 8.00. The molecule has 0 unspecified atom stereocenters. The summed E-state index contributed by atoms with van der Waals surface area (Å²) in [4.78, 5) is 3.94. The Kier molecular flexibility index (Phi) is 4.54. The zero-order valence-corrected chi connectivity index (χ0v) is 12.3. The van der Waals surface area contributed by atoms with Gasteiger partial charge in [-0.05, 0) is 36.5 Å². The van der Waals surface area contributed by atoms with Crippen molar-refractivity contribution in [2.24, 2.45) is 5.92 Å². The number of aromatic nitrogens is 1. The summed E-state index contributed by atoms with van der Waals surface area (Å²) in [5.41, 5.74) is 0.950. The second-order valence-corrected chi connectivity index (χ2v) is 7.26. The molecular weight excluding hydrogens is 262 g/mol. The van der Waals surface area contributed by atoms with Crippen LogP contribution >= 0.6 is 0 Å². The van der Waals surface area contributed by atoms with Crippen LogP contribution in [0.4, 0.5) is 0 Å². The number of piperidine rings is 1. The van der Waals surface area contributed by atoms with Gasteiger partial charge in [-0.2, -0.15) is 17.0 Å². The van der Waals surface area contributed by atoms with Gasteiger partial charge in [-0.25, -0.2) is 0 Å². The third-order valence-electron chi connectivity index (χ3n) is 3.49. The summed E-state index contributed by atoms with van der Waals surface area (Å²) < 4.78 is 28.0. The molecule has 2 heterocycles. The van der Waals surface area contributed by atoms with Gasteiger partial charge in [-0.1, -0.05) is 6.92 Å². The minimum Gasteiger partial charge on any atom is -0.265 e. The van der Waals surface area contributed by atoms with E-state index in [2.05, 4.69) is 11.9 Å². The molecule has 1 aliphatic heterocycles. The Hall–Kier alpha value is -0.980. The summed E-state index contributed by atoms with van der Waals surface area (Å²) in [6.07, 6.45) is 5.42. The molecule has 1 aromatic heterocycles. The molecule has 0 amide bonds. The van der Waals surface area contributed by atoms with Crippen LogP contribution in [0.5, 0.6) is 0 Å². The number of hydrogen-bond donors (Lipinski definition) is 0. The van der Waals surface area contributed by atoms with E-state index >= 15 is 0 Å². The van der Waals surface area contributed by atoms with Crippen molar-refractivity contribution in [2.75, 3.05) is 20.1 Å². The molecule has 2 rings (SSSR count). The maximum atomic E-state index is 12.5. The Morgan fingerprint density at radius 3 is 2.74 bits per heavy atom. The van der Waals surface area contributed by atoms with Crippen LogP contribution in [-0.2, 0) is 16.8 Å². The van der Waals surface area contributed by atoms with E-state index in [1.54, 1.807) is 23.7 Å². The molecule has 0 bridgehead atoms. The first-order valence-electron chi connectivity index (χ1n) is 6.60. The van der Waals surface area contributed by atoms with Gasteiger partial charge >= 0.3 is 0 Å². The lowest BCUT2D eigenvalue weighted by Gasteiger charge is -2.33. The van der Waals surface area contributed by atoms with Crippen molar-refractivity contribution in [3.8, 4) is 0 Å². The summed E-state index contributed by atoms with van der Waals surface area (Å²) in [6.45, 7) is 3.75. The van der Waals surface area contributed by atoms with Crippen molar-refractivity contribution in [1.29, 1.82) is 0 Å². The van der Waals surface area contributed by atoms with Gasteiger partial charge in [-0.3, -0.25) is 4.98 Å². The Morgan fingerprint density at radius 2 is 2.11 bits per heavy atom. The zero-order chi connectivity index (χ0) is 13.9. The van der Waals surface area contributed by atoms with Crippen LogP contribution in [0, 0.1) is 5.92 Å². The molecule has 0 saturated carbocycles. The number of pyridine rings is 1. The van der Waals surface area contributed by atoms with Crippen LogP contribution in [0.25, 0.3) is 0 Å². The van der Waals surface area contributed by atoms with Gasteiger partial charge in [-0.15, -0.1) is 0 Å². The predicted octanol–water partition coefficient (Wildman–Crippen LogP) is 1.49. The van der Waals surface area contributed by atoms with Gasteiger partial charge < -0.3 is 0 Å². The van der Waals surface area contributed by atoms with E-state index in [9.17, 15) is 8.42 Å². The van der Waals surface area contributed by atoms with Gasteiger partial charge in [0, 0.05) is 39.1 Å². The number of rotatable bonds is 4. The Morgan fingerprint density at radius 1 is 1.42 bits per heavy atom. The van der Waals surface area contributed by atoms with Crippen molar-refractivity contribution >= 4 is 10.2 Å². The van der Waals surface area contributed by atoms with E-state index in [1.165, 1.54) is 4.31 Å². The van der Waals surface area contributed by atoms with Crippen molar-refractivity contribution in [3.63, 3.8) is 0 Å².